The number of halogens is 1. The van der Waals surface area contributed by atoms with Gasteiger partial charge < -0.3 is 9.64 Å². The minimum absolute atomic E-state index is 0.147. The van der Waals surface area contributed by atoms with Gasteiger partial charge in [-0.25, -0.2) is 0 Å². The van der Waals surface area contributed by atoms with Crippen molar-refractivity contribution in [1.29, 1.82) is 0 Å². The number of para-hydroxylation sites is 2. The van der Waals surface area contributed by atoms with E-state index in [1.807, 2.05) is 6.07 Å². The maximum Gasteiger partial charge on any atom is 0.281 e. The number of hydrazine groups is 1. The monoisotopic (exact) mass is 345 g/mol. The number of nitrogens with zero attached hydrogens (tertiary/aromatic N) is 1. The van der Waals surface area contributed by atoms with Crippen LogP contribution in [0.2, 0.25) is 5.02 Å². The topological polar surface area (TPSA) is 70.7 Å². The molecule has 0 spiro atoms. The van der Waals surface area contributed by atoms with Gasteiger partial charge >= 0.3 is 0 Å². The molecule has 1 heterocycles. The lowest BCUT2D eigenvalue weighted by Gasteiger charge is -2.33. The summed E-state index contributed by atoms with van der Waals surface area (Å²) in [5.41, 5.74) is 6.67. The summed E-state index contributed by atoms with van der Waals surface area (Å²) >= 11 is 5.90. The molecule has 124 valence electrons. The molecular formula is C17H16ClN3O3. The van der Waals surface area contributed by atoms with E-state index in [1.54, 1.807) is 42.5 Å². The van der Waals surface area contributed by atoms with Gasteiger partial charge in [-0.05, 0) is 30.3 Å². The standard InChI is InChI=1S/C17H16ClN3O3/c1-11(22)21-10-16(24-15-8-3-2-7-14(15)21)17(23)20-19-13-6-4-5-12(18)9-13/h2-9,16,19H,10H2,1H3,(H,20,23). The number of carbonyl (C=O) groups is 2. The normalized spacial score (nSPS) is 15.9. The van der Waals surface area contributed by atoms with Crippen LogP contribution in [0.25, 0.3) is 0 Å². The van der Waals surface area contributed by atoms with Crippen molar-refractivity contribution in [3.63, 3.8) is 0 Å². The molecule has 0 radical (unpaired) electrons. The molecule has 1 aliphatic heterocycles. The predicted molar refractivity (Wildman–Crippen MR) is 92.1 cm³/mol. The number of ether oxygens (including phenoxy) is 1. The molecule has 2 amide bonds. The van der Waals surface area contributed by atoms with Gasteiger partial charge in [0.05, 0.1) is 17.9 Å². The smallest absolute Gasteiger partial charge is 0.281 e. The summed E-state index contributed by atoms with van der Waals surface area (Å²) in [4.78, 5) is 25.7. The Kier molecular flexibility index (Phi) is 4.57. The molecule has 0 saturated heterocycles. The fourth-order valence-electron chi connectivity index (χ4n) is 2.45. The molecule has 0 fully saturated rings. The van der Waals surface area contributed by atoms with Crippen molar-refractivity contribution >= 4 is 34.8 Å². The van der Waals surface area contributed by atoms with E-state index in [0.29, 0.717) is 22.1 Å². The van der Waals surface area contributed by atoms with E-state index in [4.69, 9.17) is 16.3 Å². The molecule has 1 atom stereocenters. The first-order valence-electron chi connectivity index (χ1n) is 7.40. The Morgan fingerprint density at radius 1 is 1.21 bits per heavy atom. The third-order valence-corrected chi connectivity index (χ3v) is 3.84. The number of rotatable bonds is 3. The maximum absolute atomic E-state index is 12.4. The lowest BCUT2D eigenvalue weighted by Crippen LogP contribution is -2.51. The largest absolute Gasteiger partial charge is 0.476 e. The Balaban J connectivity index is 1.71. The average molecular weight is 346 g/mol. The van der Waals surface area contributed by atoms with Crippen LogP contribution in [0.1, 0.15) is 6.92 Å². The molecule has 1 aliphatic rings. The molecule has 2 N–H and O–H groups in total. The number of anilines is 2. The Labute approximate surface area is 144 Å². The molecule has 2 aromatic rings. The fourth-order valence-corrected chi connectivity index (χ4v) is 2.64. The lowest BCUT2D eigenvalue weighted by molar-refractivity contribution is -0.127. The first-order chi connectivity index (χ1) is 11.5. The average Bonchev–Trinajstić information content (AvgIpc) is 2.58. The number of carbonyl (C=O) groups excluding carboxylic acids is 2. The highest BCUT2D eigenvalue weighted by Crippen LogP contribution is 2.33. The number of nitrogens with one attached hydrogen (secondary N) is 2. The summed E-state index contributed by atoms with van der Waals surface area (Å²) in [5, 5.41) is 0.555. The predicted octanol–water partition coefficient (Wildman–Crippen LogP) is 2.60. The highest BCUT2D eigenvalue weighted by molar-refractivity contribution is 6.30. The van der Waals surface area contributed by atoms with Crippen LogP contribution in [0.3, 0.4) is 0 Å². The molecule has 2 aromatic carbocycles. The molecule has 0 aliphatic carbocycles. The van der Waals surface area contributed by atoms with Gasteiger partial charge in [0.1, 0.15) is 5.75 Å². The number of benzene rings is 2. The van der Waals surface area contributed by atoms with E-state index >= 15 is 0 Å². The molecule has 0 bridgehead atoms. The minimum Gasteiger partial charge on any atom is -0.476 e. The van der Waals surface area contributed by atoms with Crippen molar-refractivity contribution in [2.75, 3.05) is 16.9 Å². The van der Waals surface area contributed by atoms with Gasteiger partial charge in [-0.1, -0.05) is 29.8 Å². The van der Waals surface area contributed by atoms with Gasteiger partial charge in [0.25, 0.3) is 5.91 Å². The number of amides is 2. The zero-order chi connectivity index (χ0) is 17.1. The molecule has 0 saturated carbocycles. The second-order valence-electron chi connectivity index (χ2n) is 5.33. The third kappa shape index (κ3) is 3.44. The third-order valence-electron chi connectivity index (χ3n) is 3.60. The summed E-state index contributed by atoms with van der Waals surface area (Å²) < 4.78 is 5.71. The van der Waals surface area contributed by atoms with Crippen LogP contribution in [0, 0.1) is 0 Å². The summed E-state index contributed by atoms with van der Waals surface area (Å²) in [6.07, 6.45) is -0.810. The van der Waals surface area contributed by atoms with Crippen LogP contribution < -0.4 is 20.5 Å². The number of fused-ring (bicyclic) bond motifs is 1. The molecule has 3 rings (SSSR count). The Morgan fingerprint density at radius 2 is 2.00 bits per heavy atom. The van der Waals surface area contributed by atoms with Gasteiger partial charge in [0.2, 0.25) is 5.91 Å². The highest BCUT2D eigenvalue weighted by Gasteiger charge is 2.32. The van der Waals surface area contributed by atoms with Crippen molar-refractivity contribution in [1.82, 2.24) is 5.43 Å². The molecule has 6 nitrogen and oxygen atoms in total. The number of hydrogen-bond donors (Lipinski definition) is 2. The van der Waals surface area contributed by atoms with E-state index in [0.717, 1.165) is 0 Å². The van der Waals surface area contributed by atoms with E-state index in [-0.39, 0.29) is 18.4 Å². The van der Waals surface area contributed by atoms with Gasteiger partial charge in [0, 0.05) is 11.9 Å². The Bertz CT molecular complexity index is 781. The van der Waals surface area contributed by atoms with Crippen molar-refractivity contribution in [3.8, 4) is 5.75 Å². The molecule has 7 heteroatoms. The van der Waals surface area contributed by atoms with Crippen molar-refractivity contribution in [2.45, 2.75) is 13.0 Å². The lowest BCUT2D eigenvalue weighted by atomic mass is 10.2. The van der Waals surface area contributed by atoms with Crippen LogP contribution in [0.5, 0.6) is 5.75 Å². The Morgan fingerprint density at radius 3 is 2.75 bits per heavy atom. The van der Waals surface area contributed by atoms with Crippen LogP contribution in [0.15, 0.2) is 48.5 Å². The van der Waals surface area contributed by atoms with E-state index in [9.17, 15) is 9.59 Å². The van der Waals surface area contributed by atoms with E-state index in [2.05, 4.69) is 10.9 Å². The fraction of sp³-hybridized carbons (Fsp3) is 0.176. The van der Waals surface area contributed by atoms with Crippen molar-refractivity contribution in [3.05, 3.63) is 53.6 Å². The van der Waals surface area contributed by atoms with Crippen molar-refractivity contribution < 1.29 is 14.3 Å². The quantitative estimate of drug-likeness (QED) is 0.839. The van der Waals surface area contributed by atoms with Crippen LogP contribution in [-0.4, -0.2) is 24.5 Å². The van der Waals surface area contributed by atoms with Gasteiger partial charge in [-0.3, -0.25) is 20.4 Å². The summed E-state index contributed by atoms with van der Waals surface area (Å²) in [6.45, 7) is 1.61. The van der Waals surface area contributed by atoms with Crippen molar-refractivity contribution in [2.24, 2.45) is 0 Å². The summed E-state index contributed by atoms with van der Waals surface area (Å²) in [6, 6.07) is 14.1. The van der Waals surface area contributed by atoms with Gasteiger partial charge in [0.15, 0.2) is 6.10 Å². The number of hydrogen-bond acceptors (Lipinski definition) is 4. The van der Waals surface area contributed by atoms with Crippen LogP contribution >= 0.6 is 11.6 Å². The summed E-state index contributed by atoms with van der Waals surface area (Å²) in [5.74, 6) is -0.0241. The molecule has 1 unspecified atom stereocenters. The molecule has 0 aromatic heterocycles. The second kappa shape index (κ2) is 6.80. The van der Waals surface area contributed by atoms with E-state index < -0.39 is 6.10 Å². The Hall–Kier alpha value is -2.73. The second-order valence-corrected chi connectivity index (χ2v) is 5.76. The first kappa shape index (κ1) is 16.1. The minimum atomic E-state index is -0.810. The zero-order valence-electron chi connectivity index (χ0n) is 13.0. The maximum atomic E-state index is 12.4. The van der Waals surface area contributed by atoms with Crippen LogP contribution in [-0.2, 0) is 9.59 Å². The zero-order valence-corrected chi connectivity index (χ0v) is 13.7. The first-order valence-corrected chi connectivity index (χ1v) is 7.77. The highest BCUT2D eigenvalue weighted by atomic mass is 35.5. The van der Waals surface area contributed by atoms with E-state index in [1.165, 1.54) is 11.8 Å². The molecular weight excluding hydrogens is 330 g/mol. The summed E-state index contributed by atoms with van der Waals surface area (Å²) in [7, 11) is 0. The van der Waals surface area contributed by atoms with Gasteiger partial charge in [-0.15, -0.1) is 0 Å². The SMILES string of the molecule is CC(=O)N1CC(C(=O)NNc2cccc(Cl)c2)Oc2ccccc21. The van der Waals surface area contributed by atoms with Gasteiger partial charge in [-0.2, -0.15) is 0 Å². The molecule has 24 heavy (non-hydrogen) atoms. The van der Waals surface area contributed by atoms with Crippen LogP contribution in [0.4, 0.5) is 11.4 Å².